The van der Waals surface area contributed by atoms with Gasteiger partial charge in [-0.05, 0) is 38.1 Å². The Morgan fingerprint density at radius 1 is 1.10 bits per heavy atom. The summed E-state index contributed by atoms with van der Waals surface area (Å²) in [5.41, 5.74) is 0.691. The third kappa shape index (κ3) is 3.60. The summed E-state index contributed by atoms with van der Waals surface area (Å²) in [4.78, 5) is 3.77. The molecule has 0 fully saturated rings. The normalized spacial score (nSPS) is 10.2. The molecule has 0 unspecified atom stereocenters. The van der Waals surface area contributed by atoms with E-state index >= 15 is 0 Å². The zero-order chi connectivity index (χ0) is 14.4. The number of aromatic nitrogens is 1. The van der Waals surface area contributed by atoms with Crippen molar-refractivity contribution in [2.24, 2.45) is 0 Å². The molecule has 1 N–H and O–H groups in total. The largest absolute Gasteiger partial charge is 0.494 e. The standard InChI is InChI=1S/C15H17FN2O2/c1-3-19-11-8-9-13(20-4-2)12(10-11)17-15-7-5-6-14(16)18-15/h5-10H,3-4H2,1-2H3,(H,17,18). The molecule has 0 saturated heterocycles. The van der Waals surface area contributed by atoms with Crippen LogP contribution >= 0.6 is 0 Å². The number of hydrogen-bond donors (Lipinski definition) is 1. The molecule has 0 saturated carbocycles. The lowest BCUT2D eigenvalue weighted by Gasteiger charge is -2.13. The molecule has 106 valence electrons. The van der Waals surface area contributed by atoms with E-state index in [1.54, 1.807) is 18.2 Å². The highest BCUT2D eigenvalue weighted by molar-refractivity contribution is 5.66. The molecule has 20 heavy (non-hydrogen) atoms. The molecular weight excluding hydrogens is 259 g/mol. The number of pyridine rings is 1. The molecule has 1 heterocycles. The maximum atomic E-state index is 13.1. The minimum absolute atomic E-state index is 0.416. The summed E-state index contributed by atoms with van der Waals surface area (Å²) < 4.78 is 24.1. The van der Waals surface area contributed by atoms with Crippen molar-refractivity contribution in [3.05, 3.63) is 42.3 Å². The summed E-state index contributed by atoms with van der Waals surface area (Å²) in [6.45, 7) is 4.93. The molecule has 0 aliphatic rings. The molecule has 0 aliphatic heterocycles. The minimum Gasteiger partial charge on any atom is -0.494 e. The van der Waals surface area contributed by atoms with Crippen LogP contribution < -0.4 is 14.8 Å². The monoisotopic (exact) mass is 276 g/mol. The van der Waals surface area contributed by atoms with E-state index in [0.717, 1.165) is 5.75 Å². The Labute approximate surface area is 117 Å². The summed E-state index contributed by atoms with van der Waals surface area (Å²) in [6, 6.07) is 10.0. The lowest BCUT2D eigenvalue weighted by Crippen LogP contribution is -2.01. The fourth-order valence-corrected chi connectivity index (χ4v) is 1.76. The van der Waals surface area contributed by atoms with Gasteiger partial charge in [0.05, 0.1) is 18.9 Å². The van der Waals surface area contributed by atoms with E-state index in [1.807, 2.05) is 26.0 Å². The minimum atomic E-state index is -0.533. The zero-order valence-corrected chi connectivity index (χ0v) is 11.5. The van der Waals surface area contributed by atoms with Crippen LogP contribution in [-0.2, 0) is 0 Å². The van der Waals surface area contributed by atoms with Gasteiger partial charge in [-0.1, -0.05) is 6.07 Å². The predicted molar refractivity (Wildman–Crippen MR) is 76.3 cm³/mol. The van der Waals surface area contributed by atoms with Crippen LogP contribution in [0.3, 0.4) is 0 Å². The number of rotatable bonds is 6. The van der Waals surface area contributed by atoms with Crippen LogP contribution in [-0.4, -0.2) is 18.2 Å². The number of nitrogens with one attached hydrogen (secondary N) is 1. The van der Waals surface area contributed by atoms with Crippen LogP contribution in [0.15, 0.2) is 36.4 Å². The first-order valence-corrected chi connectivity index (χ1v) is 6.52. The van der Waals surface area contributed by atoms with Gasteiger partial charge in [-0.3, -0.25) is 0 Å². The third-order valence-corrected chi connectivity index (χ3v) is 2.54. The van der Waals surface area contributed by atoms with E-state index in [4.69, 9.17) is 9.47 Å². The molecular formula is C15H17FN2O2. The van der Waals surface area contributed by atoms with Gasteiger partial charge in [-0.2, -0.15) is 4.39 Å². The molecule has 2 aromatic rings. The van der Waals surface area contributed by atoms with Crippen LogP contribution in [0.2, 0.25) is 0 Å². The van der Waals surface area contributed by atoms with Gasteiger partial charge in [0.2, 0.25) is 5.95 Å². The van der Waals surface area contributed by atoms with E-state index in [1.165, 1.54) is 6.07 Å². The van der Waals surface area contributed by atoms with Gasteiger partial charge in [0.1, 0.15) is 17.3 Å². The van der Waals surface area contributed by atoms with Crippen LogP contribution in [0, 0.1) is 5.95 Å². The number of ether oxygens (including phenoxy) is 2. The smallest absolute Gasteiger partial charge is 0.214 e. The summed E-state index contributed by atoms with van der Waals surface area (Å²) >= 11 is 0. The molecule has 0 aliphatic carbocycles. The van der Waals surface area contributed by atoms with Crippen molar-refractivity contribution in [2.45, 2.75) is 13.8 Å². The van der Waals surface area contributed by atoms with E-state index < -0.39 is 5.95 Å². The average molecular weight is 276 g/mol. The molecule has 0 spiro atoms. The average Bonchev–Trinajstić information content (AvgIpc) is 2.42. The van der Waals surface area contributed by atoms with Crippen molar-refractivity contribution in [1.29, 1.82) is 0 Å². The molecule has 1 aromatic carbocycles. The van der Waals surface area contributed by atoms with Gasteiger partial charge >= 0.3 is 0 Å². The van der Waals surface area contributed by atoms with Crippen molar-refractivity contribution in [3.8, 4) is 11.5 Å². The first kappa shape index (κ1) is 14.1. The number of anilines is 2. The molecule has 4 nitrogen and oxygen atoms in total. The van der Waals surface area contributed by atoms with Crippen LogP contribution in [0.5, 0.6) is 11.5 Å². The maximum Gasteiger partial charge on any atom is 0.214 e. The van der Waals surface area contributed by atoms with Crippen molar-refractivity contribution >= 4 is 11.5 Å². The lowest BCUT2D eigenvalue weighted by atomic mass is 10.2. The quantitative estimate of drug-likeness (QED) is 0.816. The molecule has 0 bridgehead atoms. The highest BCUT2D eigenvalue weighted by atomic mass is 19.1. The van der Waals surface area contributed by atoms with Gasteiger partial charge in [0.25, 0.3) is 0 Å². The van der Waals surface area contributed by atoms with Crippen LogP contribution in [0.4, 0.5) is 15.9 Å². The second kappa shape index (κ2) is 6.75. The first-order valence-electron chi connectivity index (χ1n) is 6.52. The first-order chi connectivity index (χ1) is 9.72. The Morgan fingerprint density at radius 3 is 2.60 bits per heavy atom. The van der Waals surface area contributed by atoms with Gasteiger partial charge in [0.15, 0.2) is 0 Å². The topological polar surface area (TPSA) is 43.4 Å². The summed E-state index contributed by atoms with van der Waals surface area (Å²) in [5, 5.41) is 3.04. The highest BCUT2D eigenvalue weighted by Crippen LogP contribution is 2.31. The highest BCUT2D eigenvalue weighted by Gasteiger charge is 2.07. The van der Waals surface area contributed by atoms with Crippen molar-refractivity contribution < 1.29 is 13.9 Å². The Kier molecular flexibility index (Phi) is 4.76. The Balaban J connectivity index is 2.29. The molecule has 0 amide bonds. The summed E-state index contributed by atoms with van der Waals surface area (Å²) in [5.74, 6) is 1.27. The summed E-state index contributed by atoms with van der Waals surface area (Å²) in [6.07, 6.45) is 0. The fraction of sp³-hybridized carbons (Fsp3) is 0.267. The molecule has 0 radical (unpaired) electrons. The van der Waals surface area contributed by atoms with Gasteiger partial charge in [0, 0.05) is 6.07 Å². The third-order valence-electron chi connectivity index (χ3n) is 2.54. The van der Waals surface area contributed by atoms with Crippen molar-refractivity contribution in [2.75, 3.05) is 18.5 Å². The van der Waals surface area contributed by atoms with Crippen LogP contribution in [0.25, 0.3) is 0 Å². The molecule has 5 heteroatoms. The lowest BCUT2D eigenvalue weighted by molar-refractivity contribution is 0.332. The van der Waals surface area contributed by atoms with E-state index in [9.17, 15) is 4.39 Å². The number of nitrogens with zero attached hydrogens (tertiary/aromatic N) is 1. The van der Waals surface area contributed by atoms with Gasteiger partial charge in [-0.25, -0.2) is 4.98 Å². The van der Waals surface area contributed by atoms with Crippen molar-refractivity contribution in [3.63, 3.8) is 0 Å². The van der Waals surface area contributed by atoms with Crippen molar-refractivity contribution in [1.82, 2.24) is 4.98 Å². The summed E-state index contributed by atoms with van der Waals surface area (Å²) in [7, 11) is 0. The maximum absolute atomic E-state index is 13.1. The molecule has 2 rings (SSSR count). The number of hydrogen-bond acceptors (Lipinski definition) is 4. The second-order valence-corrected chi connectivity index (χ2v) is 3.99. The Bertz CT molecular complexity index is 576. The van der Waals surface area contributed by atoms with Gasteiger partial charge < -0.3 is 14.8 Å². The fourth-order valence-electron chi connectivity index (χ4n) is 1.76. The second-order valence-electron chi connectivity index (χ2n) is 3.99. The molecule has 1 aromatic heterocycles. The van der Waals surface area contributed by atoms with E-state index in [2.05, 4.69) is 10.3 Å². The Morgan fingerprint density at radius 2 is 1.90 bits per heavy atom. The molecule has 0 atom stereocenters. The van der Waals surface area contributed by atoms with Gasteiger partial charge in [-0.15, -0.1) is 0 Å². The number of benzene rings is 1. The Hall–Kier alpha value is -2.30. The van der Waals surface area contributed by atoms with Crippen LogP contribution in [0.1, 0.15) is 13.8 Å². The SMILES string of the molecule is CCOc1ccc(OCC)c(Nc2cccc(F)n2)c1. The predicted octanol–water partition coefficient (Wildman–Crippen LogP) is 3.76. The van der Waals surface area contributed by atoms with E-state index in [0.29, 0.717) is 30.5 Å². The number of halogens is 1. The van der Waals surface area contributed by atoms with E-state index in [-0.39, 0.29) is 0 Å². The zero-order valence-electron chi connectivity index (χ0n) is 11.5.